The number of imide groups is 1. The van der Waals surface area contributed by atoms with Gasteiger partial charge in [-0.2, -0.15) is 0 Å². The molecule has 0 radical (unpaired) electrons. The van der Waals surface area contributed by atoms with Crippen LogP contribution in [0.5, 0.6) is 0 Å². The molecule has 8 heteroatoms. The number of anilines is 1. The normalized spacial score (nSPS) is 14.2. The summed E-state index contributed by atoms with van der Waals surface area (Å²) in [5.41, 5.74) is 1.88. The third kappa shape index (κ3) is 3.62. The van der Waals surface area contributed by atoms with Crippen molar-refractivity contribution in [3.05, 3.63) is 74.7 Å². The fraction of sp³-hybridized carbons (Fsp3) is 0.158. The molecule has 0 spiro atoms. The van der Waals surface area contributed by atoms with Crippen molar-refractivity contribution in [2.75, 3.05) is 17.3 Å². The first kappa shape index (κ1) is 18.8. The van der Waals surface area contributed by atoms with Gasteiger partial charge in [-0.1, -0.05) is 12.1 Å². The Balaban J connectivity index is 2.06. The maximum Gasteiger partial charge on any atom is 0.272 e. The van der Waals surface area contributed by atoms with E-state index in [0.717, 1.165) is 22.2 Å². The summed E-state index contributed by atoms with van der Waals surface area (Å²) in [5.74, 6) is -0.691. The molecule has 0 saturated carbocycles. The standard InChI is InChI=1S/C19H16N2O5S/c1-12-3-2-4-15(11-12)20-18(23)16(17(19(20)24)27-10-9-22)13-5-7-14(8-6-13)21(25)26/h2-8,11,22H,9-10H2,1H3. The number of nitro groups is 1. The van der Waals surface area contributed by atoms with Gasteiger partial charge in [0.25, 0.3) is 17.5 Å². The highest BCUT2D eigenvalue weighted by Gasteiger charge is 2.40. The Hall–Kier alpha value is -2.97. The summed E-state index contributed by atoms with van der Waals surface area (Å²) in [6, 6.07) is 12.5. The monoisotopic (exact) mass is 384 g/mol. The van der Waals surface area contributed by atoms with E-state index in [2.05, 4.69) is 0 Å². The first-order valence-corrected chi connectivity index (χ1v) is 9.11. The van der Waals surface area contributed by atoms with E-state index in [1.54, 1.807) is 18.2 Å². The molecule has 1 aliphatic heterocycles. The zero-order valence-corrected chi connectivity index (χ0v) is 15.2. The molecule has 0 aliphatic carbocycles. The van der Waals surface area contributed by atoms with Crippen LogP contribution in [0.15, 0.2) is 53.4 Å². The number of thioether (sulfide) groups is 1. The van der Waals surface area contributed by atoms with Crippen LogP contribution in [0.2, 0.25) is 0 Å². The van der Waals surface area contributed by atoms with Crippen LogP contribution in [0.4, 0.5) is 11.4 Å². The van der Waals surface area contributed by atoms with E-state index in [-0.39, 0.29) is 28.5 Å². The summed E-state index contributed by atoms with van der Waals surface area (Å²) < 4.78 is 0. The number of nitro benzene ring substituents is 1. The molecule has 0 atom stereocenters. The van der Waals surface area contributed by atoms with Crippen LogP contribution in [0.1, 0.15) is 11.1 Å². The van der Waals surface area contributed by atoms with Gasteiger partial charge >= 0.3 is 0 Å². The van der Waals surface area contributed by atoms with E-state index in [4.69, 9.17) is 5.11 Å². The molecule has 1 heterocycles. The van der Waals surface area contributed by atoms with Gasteiger partial charge in [0.05, 0.1) is 27.7 Å². The molecule has 3 rings (SSSR count). The minimum absolute atomic E-state index is 0.101. The smallest absolute Gasteiger partial charge is 0.272 e. The van der Waals surface area contributed by atoms with Gasteiger partial charge in [0.15, 0.2) is 0 Å². The van der Waals surface area contributed by atoms with Crippen molar-refractivity contribution in [1.82, 2.24) is 0 Å². The number of non-ortho nitro benzene ring substituents is 1. The number of nitrogens with zero attached hydrogens (tertiary/aromatic N) is 2. The van der Waals surface area contributed by atoms with E-state index >= 15 is 0 Å². The lowest BCUT2D eigenvalue weighted by Gasteiger charge is -2.15. The SMILES string of the molecule is Cc1cccc(N2C(=O)C(SCCO)=C(c3ccc([N+](=O)[O-])cc3)C2=O)c1. The molecule has 2 amide bonds. The van der Waals surface area contributed by atoms with E-state index in [9.17, 15) is 19.7 Å². The van der Waals surface area contributed by atoms with Crippen molar-refractivity contribution in [3.8, 4) is 0 Å². The summed E-state index contributed by atoms with van der Waals surface area (Å²) in [6.45, 7) is 1.72. The molecule has 1 aliphatic rings. The van der Waals surface area contributed by atoms with Crippen molar-refractivity contribution >= 4 is 40.5 Å². The molecule has 7 nitrogen and oxygen atoms in total. The van der Waals surface area contributed by atoms with E-state index in [0.29, 0.717) is 11.3 Å². The van der Waals surface area contributed by atoms with Gasteiger partial charge in [0.1, 0.15) is 0 Å². The molecule has 2 aromatic carbocycles. The van der Waals surface area contributed by atoms with E-state index < -0.39 is 16.7 Å². The summed E-state index contributed by atoms with van der Waals surface area (Å²) >= 11 is 1.10. The third-order valence-electron chi connectivity index (χ3n) is 4.01. The van der Waals surface area contributed by atoms with Crippen molar-refractivity contribution in [2.24, 2.45) is 0 Å². The number of carbonyl (C=O) groups is 2. The average molecular weight is 384 g/mol. The quantitative estimate of drug-likeness (QED) is 0.467. The van der Waals surface area contributed by atoms with Crippen molar-refractivity contribution in [2.45, 2.75) is 6.92 Å². The molecule has 0 fully saturated rings. The zero-order chi connectivity index (χ0) is 19.6. The zero-order valence-electron chi connectivity index (χ0n) is 14.4. The Morgan fingerprint density at radius 1 is 1.11 bits per heavy atom. The second-order valence-electron chi connectivity index (χ2n) is 5.86. The molecular weight excluding hydrogens is 368 g/mol. The lowest BCUT2D eigenvalue weighted by atomic mass is 10.1. The van der Waals surface area contributed by atoms with Crippen LogP contribution >= 0.6 is 11.8 Å². The topological polar surface area (TPSA) is 101 Å². The third-order valence-corrected chi connectivity index (χ3v) is 5.06. The minimum Gasteiger partial charge on any atom is -0.396 e. The van der Waals surface area contributed by atoms with E-state index in [1.807, 2.05) is 13.0 Å². The number of aryl methyl sites for hydroxylation is 1. The molecule has 138 valence electrons. The number of amides is 2. The first-order chi connectivity index (χ1) is 12.9. The summed E-state index contributed by atoms with van der Waals surface area (Å²) in [5, 5.41) is 20.0. The highest BCUT2D eigenvalue weighted by atomic mass is 32.2. The fourth-order valence-corrected chi connectivity index (χ4v) is 3.66. The summed E-state index contributed by atoms with van der Waals surface area (Å²) in [7, 11) is 0. The number of hydrogen-bond acceptors (Lipinski definition) is 6. The van der Waals surface area contributed by atoms with Crippen LogP contribution in [0, 0.1) is 17.0 Å². The molecule has 0 aromatic heterocycles. The van der Waals surface area contributed by atoms with Gasteiger partial charge in [0, 0.05) is 17.9 Å². The van der Waals surface area contributed by atoms with Crippen molar-refractivity contribution < 1.29 is 19.6 Å². The van der Waals surface area contributed by atoms with Gasteiger partial charge in [-0.25, -0.2) is 4.90 Å². The average Bonchev–Trinajstić information content (AvgIpc) is 2.89. The Morgan fingerprint density at radius 3 is 2.41 bits per heavy atom. The summed E-state index contributed by atoms with van der Waals surface area (Å²) in [4.78, 5) is 37.6. The van der Waals surface area contributed by atoms with Crippen LogP contribution in [-0.4, -0.2) is 34.2 Å². The van der Waals surface area contributed by atoms with Gasteiger partial charge in [0.2, 0.25) is 0 Å². The maximum atomic E-state index is 13.1. The minimum atomic E-state index is -0.528. The number of aliphatic hydroxyl groups is 1. The second kappa shape index (κ2) is 7.73. The van der Waals surface area contributed by atoms with Crippen molar-refractivity contribution in [1.29, 1.82) is 0 Å². The highest BCUT2D eigenvalue weighted by Crippen LogP contribution is 2.38. The van der Waals surface area contributed by atoms with E-state index in [1.165, 1.54) is 24.3 Å². The van der Waals surface area contributed by atoms with Gasteiger partial charge in [-0.05, 0) is 42.3 Å². The van der Waals surface area contributed by atoms with Crippen LogP contribution in [-0.2, 0) is 9.59 Å². The fourth-order valence-electron chi connectivity index (χ4n) is 2.80. The first-order valence-electron chi connectivity index (χ1n) is 8.12. The molecule has 27 heavy (non-hydrogen) atoms. The number of carbonyl (C=O) groups excluding carboxylic acids is 2. The molecule has 0 unspecified atom stereocenters. The number of rotatable bonds is 6. The predicted octanol–water partition coefficient (Wildman–Crippen LogP) is 2.91. The number of hydrogen-bond donors (Lipinski definition) is 1. The predicted molar refractivity (Wildman–Crippen MR) is 103 cm³/mol. The largest absolute Gasteiger partial charge is 0.396 e. The molecule has 1 N–H and O–H groups in total. The highest BCUT2D eigenvalue weighted by molar-refractivity contribution is 8.04. The molecule has 0 saturated heterocycles. The lowest BCUT2D eigenvalue weighted by Crippen LogP contribution is -2.31. The maximum absolute atomic E-state index is 13.1. The van der Waals surface area contributed by atoms with Crippen LogP contribution in [0.3, 0.4) is 0 Å². The number of aliphatic hydroxyl groups excluding tert-OH is 1. The van der Waals surface area contributed by atoms with Gasteiger partial charge in [-0.15, -0.1) is 11.8 Å². The van der Waals surface area contributed by atoms with Crippen molar-refractivity contribution in [3.63, 3.8) is 0 Å². The Kier molecular flexibility index (Phi) is 5.38. The summed E-state index contributed by atoms with van der Waals surface area (Å²) in [6.07, 6.45) is 0. The van der Waals surface area contributed by atoms with Crippen LogP contribution in [0.25, 0.3) is 5.57 Å². The Labute approximate surface area is 159 Å². The Morgan fingerprint density at radius 2 is 1.81 bits per heavy atom. The van der Waals surface area contributed by atoms with Crippen LogP contribution < -0.4 is 4.90 Å². The molecule has 0 bridgehead atoms. The van der Waals surface area contributed by atoms with Gasteiger partial charge in [-0.3, -0.25) is 19.7 Å². The second-order valence-corrected chi connectivity index (χ2v) is 6.97. The number of benzene rings is 2. The lowest BCUT2D eigenvalue weighted by molar-refractivity contribution is -0.384. The van der Waals surface area contributed by atoms with Gasteiger partial charge < -0.3 is 5.11 Å². The molecule has 2 aromatic rings. The molecular formula is C19H16N2O5S. The Bertz CT molecular complexity index is 953.